The Morgan fingerprint density at radius 1 is 1.14 bits per heavy atom. The molecule has 0 aliphatic carbocycles. The van der Waals surface area contributed by atoms with Crippen molar-refractivity contribution in [3.63, 3.8) is 0 Å². The van der Waals surface area contributed by atoms with Crippen molar-refractivity contribution in [2.75, 3.05) is 0 Å². The lowest BCUT2D eigenvalue weighted by molar-refractivity contribution is 0.904. The van der Waals surface area contributed by atoms with Crippen molar-refractivity contribution in [1.29, 1.82) is 0 Å². The third-order valence-electron chi connectivity index (χ3n) is 3.01. The van der Waals surface area contributed by atoms with Crippen molar-refractivity contribution < 1.29 is 0 Å². The van der Waals surface area contributed by atoms with E-state index in [0.29, 0.717) is 22.0 Å². The number of para-hydroxylation sites is 1. The smallest absolute Gasteiger partial charge is 0.251 e. The number of nitrogens with zero attached hydrogens (tertiary/aromatic N) is 1. The van der Waals surface area contributed by atoms with Crippen LogP contribution in [0, 0.1) is 6.92 Å². The molecule has 0 aliphatic rings. The first-order valence-corrected chi connectivity index (χ1v) is 7.42. The molecule has 5 nitrogen and oxygen atoms in total. The molecule has 1 aromatic carbocycles. The molecule has 106 valence electrons. The number of hydrogen-bond acceptors (Lipinski definition) is 4. The second-order valence-electron chi connectivity index (χ2n) is 4.69. The van der Waals surface area contributed by atoms with E-state index >= 15 is 0 Å². The maximum Gasteiger partial charge on any atom is 0.251 e. The number of thioether (sulfide) groups is 1. The zero-order valence-corrected chi connectivity index (χ0v) is 12.2. The van der Waals surface area contributed by atoms with Gasteiger partial charge in [0.15, 0.2) is 10.6 Å². The van der Waals surface area contributed by atoms with Crippen LogP contribution < -0.4 is 11.0 Å². The molecular formula is C15H13N3O2S. The molecule has 2 N–H and O–H groups in total. The molecule has 0 unspecified atom stereocenters. The number of fused-ring (bicyclic) bond motifs is 1. The van der Waals surface area contributed by atoms with E-state index in [0.717, 1.165) is 11.2 Å². The zero-order chi connectivity index (χ0) is 14.8. The van der Waals surface area contributed by atoms with E-state index in [1.165, 1.54) is 17.8 Å². The Morgan fingerprint density at radius 3 is 2.76 bits per heavy atom. The topological polar surface area (TPSA) is 78.6 Å². The Morgan fingerprint density at radius 2 is 1.95 bits per heavy atom. The zero-order valence-electron chi connectivity index (χ0n) is 11.3. The number of aromatic nitrogens is 3. The van der Waals surface area contributed by atoms with E-state index in [-0.39, 0.29) is 11.0 Å². The second-order valence-corrected chi connectivity index (χ2v) is 5.65. The van der Waals surface area contributed by atoms with Crippen LogP contribution in [0.25, 0.3) is 10.9 Å². The van der Waals surface area contributed by atoms with Gasteiger partial charge in [-0.1, -0.05) is 23.9 Å². The van der Waals surface area contributed by atoms with Crippen molar-refractivity contribution in [2.24, 2.45) is 0 Å². The van der Waals surface area contributed by atoms with E-state index in [4.69, 9.17) is 0 Å². The summed E-state index contributed by atoms with van der Waals surface area (Å²) in [5.41, 5.74) is 2.11. The van der Waals surface area contributed by atoms with Crippen molar-refractivity contribution in [3.05, 3.63) is 68.4 Å². The summed E-state index contributed by atoms with van der Waals surface area (Å²) >= 11 is 1.38. The van der Waals surface area contributed by atoms with Crippen LogP contribution in [0.4, 0.5) is 0 Å². The Labute approximate surface area is 124 Å². The van der Waals surface area contributed by atoms with Gasteiger partial charge in [-0.15, -0.1) is 0 Å². The largest absolute Gasteiger partial charge is 0.357 e. The van der Waals surface area contributed by atoms with Gasteiger partial charge in [-0.05, 0) is 19.1 Å². The van der Waals surface area contributed by atoms with E-state index in [9.17, 15) is 9.59 Å². The van der Waals surface area contributed by atoms with Gasteiger partial charge in [0, 0.05) is 40.2 Å². The molecule has 21 heavy (non-hydrogen) atoms. The van der Waals surface area contributed by atoms with Crippen LogP contribution in [0.1, 0.15) is 11.4 Å². The number of aryl methyl sites for hydroxylation is 1. The van der Waals surface area contributed by atoms with Crippen molar-refractivity contribution in [3.8, 4) is 0 Å². The molecular weight excluding hydrogens is 286 g/mol. The van der Waals surface area contributed by atoms with Crippen LogP contribution in [0.3, 0.4) is 0 Å². The summed E-state index contributed by atoms with van der Waals surface area (Å²) in [6, 6.07) is 10.4. The summed E-state index contributed by atoms with van der Waals surface area (Å²) < 4.78 is 0. The molecule has 0 saturated carbocycles. The molecule has 2 heterocycles. The van der Waals surface area contributed by atoms with Crippen molar-refractivity contribution in [1.82, 2.24) is 15.0 Å². The van der Waals surface area contributed by atoms with E-state index in [2.05, 4.69) is 15.0 Å². The van der Waals surface area contributed by atoms with Gasteiger partial charge >= 0.3 is 0 Å². The first-order valence-electron chi connectivity index (χ1n) is 6.43. The van der Waals surface area contributed by atoms with E-state index in [1.807, 2.05) is 18.2 Å². The summed E-state index contributed by atoms with van der Waals surface area (Å²) in [6.45, 7) is 1.77. The molecule has 0 saturated heterocycles. The highest BCUT2D eigenvalue weighted by Gasteiger charge is 2.04. The Hall–Kier alpha value is -2.34. The van der Waals surface area contributed by atoms with Gasteiger partial charge in [0.2, 0.25) is 0 Å². The Kier molecular flexibility index (Phi) is 3.62. The number of rotatable bonds is 3. The molecule has 6 heteroatoms. The highest BCUT2D eigenvalue weighted by molar-refractivity contribution is 7.98. The minimum absolute atomic E-state index is 0.00866. The van der Waals surface area contributed by atoms with E-state index in [1.54, 1.807) is 19.1 Å². The van der Waals surface area contributed by atoms with Crippen LogP contribution in [0.15, 0.2) is 51.1 Å². The van der Waals surface area contributed by atoms with Crippen molar-refractivity contribution >= 4 is 22.7 Å². The number of nitrogens with one attached hydrogen (secondary N) is 2. The number of H-pyrrole nitrogens is 2. The third-order valence-corrected chi connectivity index (χ3v) is 3.93. The van der Waals surface area contributed by atoms with Gasteiger partial charge in [-0.2, -0.15) is 0 Å². The summed E-state index contributed by atoms with van der Waals surface area (Å²) in [4.78, 5) is 33.6. The van der Waals surface area contributed by atoms with Crippen LogP contribution in [0.5, 0.6) is 0 Å². The van der Waals surface area contributed by atoms with Gasteiger partial charge in [0.05, 0.1) is 0 Å². The third kappa shape index (κ3) is 3.05. The fourth-order valence-electron chi connectivity index (χ4n) is 2.10. The maximum absolute atomic E-state index is 12.0. The standard InChI is InChI=1S/C15H13N3O2S/c1-9-6-14(20)18-15(16-9)21-8-10-7-13(19)11-4-2-3-5-12(11)17-10/h2-7H,8H2,1H3,(H,17,19)(H,16,18,20). The molecule has 0 spiro atoms. The molecule has 0 bridgehead atoms. The fourth-order valence-corrected chi connectivity index (χ4v) is 2.92. The quantitative estimate of drug-likeness (QED) is 0.574. The maximum atomic E-state index is 12.0. The summed E-state index contributed by atoms with van der Waals surface area (Å²) in [6.07, 6.45) is 0. The lowest BCUT2D eigenvalue weighted by Crippen LogP contribution is -2.08. The monoisotopic (exact) mass is 299 g/mol. The van der Waals surface area contributed by atoms with Crippen LogP contribution in [0.2, 0.25) is 0 Å². The van der Waals surface area contributed by atoms with Gasteiger partial charge in [0.1, 0.15) is 0 Å². The van der Waals surface area contributed by atoms with Gasteiger partial charge in [0.25, 0.3) is 5.56 Å². The normalized spacial score (nSPS) is 10.9. The molecule has 0 atom stereocenters. The predicted molar refractivity (Wildman–Crippen MR) is 83.7 cm³/mol. The summed E-state index contributed by atoms with van der Waals surface area (Å²) in [5.74, 6) is 0.534. The highest BCUT2D eigenvalue weighted by Crippen LogP contribution is 2.17. The van der Waals surface area contributed by atoms with E-state index < -0.39 is 0 Å². The molecule has 0 amide bonds. The SMILES string of the molecule is Cc1cc(=O)[nH]c(SCc2cc(=O)c3ccccc3[nH]2)n1. The minimum atomic E-state index is -0.169. The van der Waals surface area contributed by atoms with Gasteiger partial charge < -0.3 is 9.97 Å². The molecule has 3 aromatic rings. The lowest BCUT2D eigenvalue weighted by atomic mass is 10.2. The van der Waals surface area contributed by atoms with Gasteiger partial charge in [-0.25, -0.2) is 4.98 Å². The molecule has 3 rings (SSSR count). The fraction of sp³-hybridized carbons (Fsp3) is 0.133. The number of pyridine rings is 1. The van der Waals surface area contributed by atoms with Gasteiger partial charge in [-0.3, -0.25) is 9.59 Å². The average Bonchev–Trinajstić information content (AvgIpc) is 2.44. The minimum Gasteiger partial charge on any atom is -0.357 e. The molecule has 0 radical (unpaired) electrons. The lowest BCUT2D eigenvalue weighted by Gasteiger charge is -2.04. The highest BCUT2D eigenvalue weighted by atomic mass is 32.2. The summed E-state index contributed by atoms with van der Waals surface area (Å²) in [5, 5.41) is 1.22. The number of aromatic amines is 2. The molecule has 0 aliphatic heterocycles. The molecule has 0 fully saturated rings. The van der Waals surface area contributed by atoms with Crippen molar-refractivity contribution in [2.45, 2.75) is 17.8 Å². The van der Waals surface area contributed by atoms with Crippen LogP contribution in [-0.4, -0.2) is 15.0 Å². The predicted octanol–water partition coefficient (Wildman–Crippen LogP) is 2.21. The first kappa shape index (κ1) is 13.6. The number of hydrogen-bond donors (Lipinski definition) is 2. The summed E-state index contributed by atoms with van der Waals surface area (Å²) in [7, 11) is 0. The van der Waals surface area contributed by atoms with Crippen LogP contribution in [-0.2, 0) is 5.75 Å². The number of benzene rings is 1. The first-order chi connectivity index (χ1) is 10.1. The Balaban J connectivity index is 1.88. The molecule has 2 aromatic heterocycles. The second kappa shape index (κ2) is 5.57. The Bertz CT molecular complexity index is 914. The van der Waals surface area contributed by atoms with Crippen LogP contribution >= 0.6 is 11.8 Å². The average molecular weight is 299 g/mol.